The summed E-state index contributed by atoms with van der Waals surface area (Å²) in [6.07, 6.45) is 0.275. The molecule has 0 fully saturated rings. The first-order valence-electron chi connectivity index (χ1n) is 9.40. The molecule has 1 heterocycles. The van der Waals surface area contributed by atoms with Crippen molar-refractivity contribution in [2.24, 2.45) is 0 Å². The molecule has 0 aliphatic carbocycles. The molecule has 0 aliphatic rings. The predicted molar refractivity (Wildman–Crippen MR) is 123 cm³/mol. The Balaban J connectivity index is 2.04. The third-order valence-electron chi connectivity index (χ3n) is 4.99. The summed E-state index contributed by atoms with van der Waals surface area (Å²) in [5.74, 6) is 0.256. The van der Waals surface area contributed by atoms with Gasteiger partial charge in [0.15, 0.2) is 3.95 Å². The van der Waals surface area contributed by atoms with Crippen molar-refractivity contribution < 1.29 is 18.8 Å². The summed E-state index contributed by atoms with van der Waals surface area (Å²) in [6.45, 7) is 10.9. The van der Waals surface area contributed by atoms with Gasteiger partial charge in [0, 0.05) is 6.42 Å². The van der Waals surface area contributed by atoms with E-state index in [0.29, 0.717) is 9.09 Å². The van der Waals surface area contributed by atoms with E-state index in [1.807, 2.05) is 24.3 Å². The number of carbonyl (C=O) groups is 2. The lowest BCUT2D eigenvalue weighted by Gasteiger charge is -2.36. The molecule has 0 saturated carbocycles. The van der Waals surface area contributed by atoms with Gasteiger partial charge in [-0.15, -0.1) is 5.10 Å². The molecule has 164 valence electrons. The smallest absolute Gasteiger partial charge is 0.328 e. The number of amides is 2. The van der Waals surface area contributed by atoms with E-state index < -0.39 is 26.4 Å². The molecule has 0 bridgehead atoms. The summed E-state index contributed by atoms with van der Waals surface area (Å²) >= 11 is 6.05. The van der Waals surface area contributed by atoms with Crippen LogP contribution in [0.2, 0.25) is 18.1 Å². The highest BCUT2D eigenvalue weighted by molar-refractivity contribution is 7.73. The first-order valence-corrected chi connectivity index (χ1v) is 13.5. The fourth-order valence-corrected chi connectivity index (χ4v) is 4.10. The molecule has 3 N–H and O–H groups in total. The number of carbonyl (C=O) groups excluding carboxylic acids is 2. The van der Waals surface area contributed by atoms with Crippen molar-refractivity contribution in [2.45, 2.75) is 51.4 Å². The minimum atomic E-state index is -1.93. The first-order chi connectivity index (χ1) is 13.9. The zero-order valence-electron chi connectivity index (χ0n) is 18.0. The zero-order valence-corrected chi connectivity index (χ0v) is 20.6. The van der Waals surface area contributed by atoms with Crippen LogP contribution in [-0.4, -0.2) is 43.7 Å². The summed E-state index contributed by atoms with van der Waals surface area (Å²) in [6, 6.07) is 6.13. The van der Waals surface area contributed by atoms with Crippen molar-refractivity contribution in [1.29, 1.82) is 0 Å². The third kappa shape index (κ3) is 6.64. The quantitative estimate of drug-likeness (QED) is 0.314. The topological polar surface area (TPSA) is 105 Å². The van der Waals surface area contributed by atoms with Gasteiger partial charge in [0.1, 0.15) is 11.8 Å². The fraction of sp³-hybridized carbons (Fsp3) is 0.474. The van der Waals surface area contributed by atoms with Gasteiger partial charge in [0.05, 0.1) is 7.11 Å². The lowest BCUT2D eigenvalue weighted by atomic mass is 10.1. The molecule has 30 heavy (non-hydrogen) atoms. The van der Waals surface area contributed by atoms with E-state index in [9.17, 15) is 9.59 Å². The molecule has 1 aromatic carbocycles. The van der Waals surface area contributed by atoms with E-state index in [2.05, 4.69) is 54.7 Å². The number of urea groups is 1. The summed E-state index contributed by atoms with van der Waals surface area (Å²) in [7, 11) is -0.648. The number of hydrogen-bond donors (Lipinski definition) is 3. The molecule has 2 rings (SSSR count). The number of nitrogens with one attached hydrogen (secondary N) is 3. The van der Waals surface area contributed by atoms with E-state index in [0.717, 1.165) is 22.6 Å². The van der Waals surface area contributed by atoms with Crippen LogP contribution in [0.1, 0.15) is 26.3 Å². The Labute approximate surface area is 186 Å². The van der Waals surface area contributed by atoms with Crippen LogP contribution in [0, 0.1) is 3.95 Å². The number of hydrogen-bond acceptors (Lipinski definition) is 7. The molecule has 11 heteroatoms. The minimum Gasteiger partial charge on any atom is -0.544 e. The van der Waals surface area contributed by atoms with Gasteiger partial charge in [-0.1, -0.05) is 44.2 Å². The summed E-state index contributed by atoms with van der Waals surface area (Å²) < 4.78 is 11.5. The zero-order chi connectivity index (χ0) is 22.5. The number of aromatic amines is 1. The lowest BCUT2D eigenvalue weighted by Crippen LogP contribution is -2.45. The van der Waals surface area contributed by atoms with Crippen LogP contribution < -0.4 is 15.1 Å². The number of benzene rings is 1. The molecule has 0 spiro atoms. The second kappa shape index (κ2) is 9.71. The molecule has 0 aliphatic heterocycles. The number of ether oxygens (including phenoxy) is 1. The van der Waals surface area contributed by atoms with E-state index >= 15 is 0 Å². The molecule has 0 unspecified atom stereocenters. The highest BCUT2D eigenvalue weighted by Crippen LogP contribution is 2.37. The summed E-state index contributed by atoms with van der Waals surface area (Å²) in [5.41, 5.74) is 0.865. The SMILES string of the molecule is COC(=O)[C@H](Cc1ccc(O[Si](C)(C)C(C)(C)C)cc1)NC(=O)Nc1n[nH]c(=S)s1. The van der Waals surface area contributed by atoms with Crippen molar-refractivity contribution in [3.63, 3.8) is 0 Å². The second-order valence-electron chi connectivity index (χ2n) is 8.30. The number of H-pyrrole nitrogens is 1. The second-order valence-corrected chi connectivity index (χ2v) is 14.7. The minimum absolute atomic E-state index is 0.0973. The molecule has 8 nitrogen and oxygen atoms in total. The number of methoxy groups -OCH3 is 1. The lowest BCUT2D eigenvalue weighted by molar-refractivity contribution is -0.142. The average molecular weight is 469 g/mol. The molecule has 0 radical (unpaired) electrons. The average Bonchev–Trinajstić information content (AvgIpc) is 3.05. The van der Waals surface area contributed by atoms with Crippen LogP contribution in [0.4, 0.5) is 9.93 Å². The number of esters is 1. The maximum atomic E-state index is 12.2. The van der Waals surface area contributed by atoms with Crippen LogP contribution in [0.3, 0.4) is 0 Å². The summed E-state index contributed by atoms with van der Waals surface area (Å²) in [4.78, 5) is 24.4. The van der Waals surface area contributed by atoms with E-state index in [-0.39, 0.29) is 11.5 Å². The number of nitrogens with zero attached hydrogens (tertiary/aromatic N) is 1. The number of anilines is 1. The first kappa shape index (κ1) is 24.0. The number of aromatic nitrogens is 2. The predicted octanol–water partition coefficient (Wildman–Crippen LogP) is 4.49. The Morgan fingerprint density at radius 2 is 1.90 bits per heavy atom. The van der Waals surface area contributed by atoms with Gasteiger partial charge >= 0.3 is 12.0 Å². The van der Waals surface area contributed by atoms with E-state index in [4.69, 9.17) is 21.4 Å². The summed E-state index contributed by atoms with van der Waals surface area (Å²) in [5, 5.41) is 12.0. The molecular weight excluding hydrogens is 440 g/mol. The molecular formula is C19H28N4O4S2Si. The third-order valence-corrected chi connectivity index (χ3v) is 10.4. The van der Waals surface area contributed by atoms with Crippen molar-refractivity contribution >= 4 is 49.0 Å². The highest BCUT2D eigenvalue weighted by Gasteiger charge is 2.38. The van der Waals surface area contributed by atoms with Gasteiger partial charge in [0.2, 0.25) is 13.4 Å². The van der Waals surface area contributed by atoms with Crippen LogP contribution in [0.5, 0.6) is 5.75 Å². The van der Waals surface area contributed by atoms with Gasteiger partial charge in [-0.2, -0.15) is 0 Å². The molecule has 2 amide bonds. The molecule has 2 aromatic rings. The van der Waals surface area contributed by atoms with E-state index in [1.54, 1.807) is 0 Å². The van der Waals surface area contributed by atoms with Gasteiger partial charge in [-0.25, -0.2) is 9.59 Å². The fourth-order valence-electron chi connectivity index (χ4n) is 2.29. The Hall–Kier alpha value is -2.24. The molecule has 0 saturated heterocycles. The van der Waals surface area contributed by atoms with Gasteiger partial charge in [-0.05, 0) is 48.0 Å². The van der Waals surface area contributed by atoms with Crippen molar-refractivity contribution in [3.05, 3.63) is 33.8 Å². The Bertz CT molecular complexity index is 935. The van der Waals surface area contributed by atoms with Gasteiger partial charge in [-0.3, -0.25) is 10.4 Å². The molecule has 1 atom stereocenters. The highest BCUT2D eigenvalue weighted by atomic mass is 32.1. The van der Waals surface area contributed by atoms with E-state index in [1.165, 1.54) is 7.11 Å². The maximum Gasteiger partial charge on any atom is 0.328 e. The van der Waals surface area contributed by atoms with Crippen molar-refractivity contribution in [2.75, 3.05) is 12.4 Å². The number of rotatable bonds is 7. The van der Waals surface area contributed by atoms with Crippen LogP contribution >= 0.6 is 23.6 Å². The van der Waals surface area contributed by atoms with Crippen molar-refractivity contribution in [3.8, 4) is 5.75 Å². The van der Waals surface area contributed by atoms with Crippen LogP contribution in [-0.2, 0) is 16.0 Å². The van der Waals surface area contributed by atoms with Gasteiger partial charge < -0.3 is 14.5 Å². The van der Waals surface area contributed by atoms with Crippen LogP contribution in [0.25, 0.3) is 0 Å². The van der Waals surface area contributed by atoms with Gasteiger partial charge in [0.25, 0.3) is 0 Å². The standard InChI is InChI=1S/C19H28N4O4S2Si/c1-19(2,3)30(5,6)27-13-9-7-12(8-10-13)11-14(15(24)26-4)20-16(25)21-17-22-23-18(28)29-17/h7-10,14H,11H2,1-6H3,(H,23,28)(H2,20,21,22,25)/t14-/m0/s1. The monoisotopic (exact) mass is 468 g/mol. The Kier molecular flexibility index (Phi) is 7.78. The Morgan fingerprint density at radius 3 is 2.40 bits per heavy atom. The molecule has 1 aromatic heterocycles. The maximum absolute atomic E-state index is 12.2. The largest absolute Gasteiger partial charge is 0.544 e. The van der Waals surface area contributed by atoms with Crippen molar-refractivity contribution in [1.82, 2.24) is 15.5 Å². The Morgan fingerprint density at radius 1 is 1.27 bits per heavy atom. The normalized spacial score (nSPS) is 12.7. The van der Waals surface area contributed by atoms with Crippen LogP contribution in [0.15, 0.2) is 24.3 Å².